The van der Waals surface area contributed by atoms with E-state index < -0.39 is 11.4 Å². The molecule has 7 heteroatoms. The van der Waals surface area contributed by atoms with Crippen molar-refractivity contribution in [2.75, 3.05) is 25.5 Å². The summed E-state index contributed by atoms with van der Waals surface area (Å²) in [7, 11) is 1.32. The fourth-order valence-corrected chi connectivity index (χ4v) is 3.13. The Morgan fingerprint density at radius 2 is 2.24 bits per heavy atom. The van der Waals surface area contributed by atoms with Crippen LogP contribution in [-0.2, 0) is 9.53 Å². The van der Waals surface area contributed by atoms with Gasteiger partial charge in [-0.3, -0.25) is 9.69 Å². The monoisotopic (exact) mass is 311 g/mol. The van der Waals surface area contributed by atoms with Crippen molar-refractivity contribution < 1.29 is 14.3 Å². The quantitative estimate of drug-likeness (QED) is 0.861. The minimum absolute atomic E-state index is 0.0450. The first-order chi connectivity index (χ1) is 9.85. The van der Waals surface area contributed by atoms with Crippen molar-refractivity contribution in [3.05, 3.63) is 11.1 Å². The molecule has 1 aromatic rings. The van der Waals surface area contributed by atoms with Crippen LogP contribution in [0.4, 0.5) is 5.13 Å². The van der Waals surface area contributed by atoms with Gasteiger partial charge in [0.05, 0.1) is 18.7 Å². The van der Waals surface area contributed by atoms with Crippen LogP contribution >= 0.6 is 11.3 Å². The first-order valence-electron chi connectivity index (χ1n) is 6.95. The lowest BCUT2D eigenvalue weighted by Crippen LogP contribution is -2.38. The standard InChI is InChI=1S/C14H21N3O3S/c1-9(2)17-6-5-14(3,8-17)12(19)16-13-15-7-10(21-13)11(18)20-4/h7,9H,5-6,8H2,1-4H3,(H,15,16,19). The van der Waals surface area contributed by atoms with Gasteiger partial charge in [0.1, 0.15) is 4.88 Å². The summed E-state index contributed by atoms with van der Waals surface area (Å²) in [5.41, 5.74) is -0.415. The van der Waals surface area contributed by atoms with Crippen LogP contribution in [0.25, 0.3) is 0 Å². The predicted molar refractivity (Wildman–Crippen MR) is 81.5 cm³/mol. The Bertz CT molecular complexity index is 543. The van der Waals surface area contributed by atoms with Crippen molar-refractivity contribution >= 4 is 28.3 Å². The molecule has 2 heterocycles. The molecule has 0 radical (unpaired) electrons. The molecule has 1 fully saturated rings. The summed E-state index contributed by atoms with van der Waals surface area (Å²) in [6, 6.07) is 0.436. The number of thiazole rings is 1. The van der Waals surface area contributed by atoms with Gasteiger partial charge in [-0.15, -0.1) is 0 Å². The van der Waals surface area contributed by atoms with Crippen LogP contribution in [-0.4, -0.2) is 48.0 Å². The summed E-state index contributed by atoms with van der Waals surface area (Å²) >= 11 is 1.13. The van der Waals surface area contributed by atoms with Crippen molar-refractivity contribution in [2.45, 2.75) is 33.2 Å². The molecule has 116 valence electrons. The number of aromatic nitrogens is 1. The topological polar surface area (TPSA) is 71.5 Å². The summed E-state index contributed by atoms with van der Waals surface area (Å²) in [6.07, 6.45) is 2.25. The highest BCUT2D eigenvalue weighted by molar-refractivity contribution is 7.17. The number of carbonyl (C=O) groups excluding carboxylic acids is 2. The molecule has 0 aliphatic carbocycles. The molecule has 1 aliphatic heterocycles. The van der Waals surface area contributed by atoms with Gasteiger partial charge in [-0.25, -0.2) is 9.78 Å². The lowest BCUT2D eigenvalue weighted by molar-refractivity contribution is -0.124. The molecule has 0 aromatic carbocycles. The van der Waals surface area contributed by atoms with E-state index in [1.807, 2.05) is 6.92 Å². The van der Waals surface area contributed by atoms with Gasteiger partial charge in [0.2, 0.25) is 5.91 Å². The zero-order chi connectivity index (χ0) is 15.6. The smallest absolute Gasteiger partial charge is 0.349 e. The number of amides is 1. The highest BCUT2D eigenvalue weighted by Crippen LogP contribution is 2.33. The van der Waals surface area contributed by atoms with Crippen molar-refractivity contribution in [3.8, 4) is 0 Å². The van der Waals surface area contributed by atoms with E-state index in [0.717, 1.165) is 30.8 Å². The third kappa shape index (κ3) is 3.41. The van der Waals surface area contributed by atoms with Gasteiger partial charge in [-0.05, 0) is 33.7 Å². The third-order valence-electron chi connectivity index (χ3n) is 3.89. The van der Waals surface area contributed by atoms with Gasteiger partial charge in [-0.2, -0.15) is 0 Å². The minimum Gasteiger partial charge on any atom is -0.465 e. The number of rotatable bonds is 4. The summed E-state index contributed by atoms with van der Waals surface area (Å²) in [5.74, 6) is -0.484. The maximum absolute atomic E-state index is 12.5. The molecular formula is C14H21N3O3S. The van der Waals surface area contributed by atoms with Gasteiger partial charge in [0, 0.05) is 12.6 Å². The molecule has 1 amide bonds. The third-order valence-corrected chi connectivity index (χ3v) is 4.79. The second kappa shape index (κ2) is 6.11. The Morgan fingerprint density at radius 1 is 1.52 bits per heavy atom. The van der Waals surface area contributed by atoms with Crippen molar-refractivity contribution in [3.63, 3.8) is 0 Å². The molecule has 1 saturated heterocycles. The summed E-state index contributed by atoms with van der Waals surface area (Å²) < 4.78 is 4.63. The zero-order valence-electron chi connectivity index (χ0n) is 12.8. The number of nitrogens with one attached hydrogen (secondary N) is 1. The van der Waals surface area contributed by atoms with E-state index >= 15 is 0 Å². The lowest BCUT2D eigenvalue weighted by atomic mass is 9.89. The van der Waals surface area contributed by atoms with Crippen LogP contribution < -0.4 is 5.32 Å². The highest BCUT2D eigenvalue weighted by Gasteiger charge is 2.41. The Morgan fingerprint density at radius 3 is 2.81 bits per heavy atom. The van der Waals surface area contributed by atoms with Gasteiger partial charge in [-0.1, -0.05) is 11.3 Å². The Labute approximate surface area is 128 Å². The van der Waals surface area contributed by atoms with Gasteiger partial charge in [0.25, 0.3) is 0 Å². The molecule has 0 saturated carbocycles. The number of hydrogen-bond acceptors (Lipinski definition) is 6. The van der Waals surface area contributed by atoms with Crippen LogP contribution in [0.3, 0.4) is 0 Å². The SMILES string of the molecule is COC(=O)c1cnc(NC(=O)C2(C)CCN(C(C)C)C2)s1. The molecule has 1 atom stereocenters. The number of esters is 1. The van der Waals surface area contributed by atoms with E-state index in [9.17, 15) is 9.59 Å². The second-order valence-electron chi connectivity index (χ2n) is 5.85. The van der Waals surface area contributed by atoms with Crippen molar-refractivity contribution in [1.29, 1.82) is 0 Å². The molecule has 1 aliphatic rings. The Hall–Kier alpha value is -1.47. The van der Waals surface area contributed by atoms with E-state index in [0.29, 0.717) is 16.1 Å². The lowest BCUT2D eigenvalue weighted by Gasteiger charge is -2.25. The molecule has 1 aromatic heterocycles. The summed E-state index contributed by atoms with van der Waals surface area (Å²) in [5, 5.41) is 3.25. The van der Waals surface area contributed by atoms with E-state index in [-0.39, 0.29) is 5.91 Å². The predicted octanol–water partition coefficient (Wildman–Crippen LogP) is 1.99. The Kier molecular flexibility index (Phi) is 4.63. The largest absolute Gasteiger partial charge is 0.465 e. The number of methoxy groups -OCH3 is 1. The van der Waals surface area contributed by atoms with E-state index in [1.54, 1.807) is 0 Å². The second-order valence-corrected chi connectivity index (χ2v) is 6.88. The van der Waals surface area contributed by atoms with Crippen LogP contribution in [0.2, 0.25) is 0 Å². The van der Waals surface area contributed by atoms with E-state index in [2.05, 4.69) is 33.8 Å². The Balaban J connectivity index is 2.01. The molecule has 1 unspecified atom stereocenters. The van der Waals surface area contributed by atoms with Crippen molar-refractivity contribution in [1.82, 2.24) is 9.88 Å². The maximum Gasteiger partial charge on any atom is 0.349 e. The molecule has 0 bridgehead atoms. The number of ether oxygens (including phenoxy) is 1. The highest BCUT2D eigenvalue weighted by atomic mass is 32.1. The van der Waals surface area contributed by atoms with Crippen molar-refractivity contribution in [2.24, 2.45) is 5.41 Å². The number of nitrogens with zero attached hydrogens (tertiary/aromatic N) is 2. The fourth-order valence-electron chi connectivity index (χ4n) is 2.40. The average molecular weight is 311 g/mol. The first kappa shape index (κ1) is 15.9. The van der Waals surface area contributed by atoms with Crippen LogP contribution in [0.15, 0.2) is 6.20 Å². The molecule has 2 rings (SSSR count). The first-order valence-corrected chi connectivity index (χ1v) is 7.77. The normalized spacial score (nSPS) is 22.5. The van der Waals surface area contributed by atoms with Gasteiger partial charge in [0.15, 0.2) is 5.13 Å². The molecule has 21 heavy (non-hydrogen) atoms. The summed E-state index contributed by atoms with van der Waals surface area (Å²) in [4.78, 5) is 30.6. The van der Waals surface area contributed by atoms with Crippen LogP contribution in [0.5, 0.6) is 0 Å². The van der Waals surface area contributed by atoms with Gasteiger partial charge < -0.3 is 10.1 Å². The van der Waals surface area contributed by atoms with Crippen LogP contribution in [0, 0.1) is 5.41 Å². The average Bonchev–Trinajstić information content (AvgIpc) is 3.05. The van der Waals surface area contributed by atoms with Gasteiger partial charge >= 0.3 is 5.97 Å². The molecule has 0 spiro atoms. The van der Waals surface area contributed by atoms with Crippen LogP contribution in [0.1, 0.15) is 36.9 Å². The molecule has 1 N–H and O–H groups in total. The minimum atomic E-state index is -0.439. The zero-order valence-corrected chi connectivity index (χ0v) is 13.6. The maximum atomic E-state index is 12.5. The van der Waals surface area contributed by atoms with E-state index in [1.165, 1.54) is 13.3 Å². The fraction of sp³-hybridized carbons (Fsp3) is 0.643. The number of hydrogen-bond donors (Lipinski definition) is 1. The number of anilines is 1. The summed E-state index contributed by atoms with van der Waals surface area (Å²) in [6.45, 7) is 7.90. The molecular weight excluding hydrogens is 290 g/mol. The number of carbonyl (C=O) groups is 2. The number of likely N-dealkylation sites (tertiary alicyclic amines) is 1. The molecule has 6 nitrogen and oxygen atoms in total. The van der Waals surface area contributed by atoms with E-state index in [4.69, 9.17) is 0 Å².